The monoisotopic (exact) mass is 402 g/mol. The Morgan fingerprint density at radius 1 is 1.08 bits per heavy atom. The van der Waals surface area contributed by atoms with Gasteiger partial charge in [-0.1, -0.05) is 23.2 Å². The van der Waals surface area contributed by atoms with Crippen LogP contribution in [0.4, 0.5) is 5.69 Å². The van der Waals surface area contributed by atoms with Crippen LogP contribution < -0.4 is 14.8 Å². The normalized spacial score (nSPS) is 12.3. The van der Waals surface area contributed by atoms with E-state index in [1.807, 2.05) is 0 Å². The van der Waals surface area contributed by atoms with Crippen LogP contribution in [0.15, 0.2) is 47.4 Å². The van der Waals surface area contributed by atoms with Crippen LogP contribution in [0.2, 0.25) is 10.0 Å². The summed E-state index contributed by atoms with van der Waals surface area (Å²) in [6.45, 7) is 1.59. The molecule has 2 aromatic carbocycles. The highest BCUT2D eigenvalue weighted by Crippen LogP contribution is 2.27. The number of rotatable bonds is 6. The molecule has 1 atom stereocenters. The van der Waals surface area contributed by atoms with E-state index in [0.29, 0.717) is 16.5 Å². The van der Waals surface area contributed by atoms with Crippen LogP contribution in [-0.4, -0.2) is 27.5 Å². The topological polar surface area (TPSA) is 84.5 Å². The van der Waals surface area contributed by atoms with Crippen LogP contribution in [0.25, 0.3) is 0 Å². The van der Waals surface area contributed by atoms with Crippen molar-refractivity contribution in [1.29, 1.82) is 0 Å². The Kier molecular flexibility index (Phi) is 6.16. The lowest BCUT2D eigenvalue weighted by molar-refractivity contribution is -0.126. The number of carbonyl (C=O) groups excluding carboxylic acids is 1. The molecule has 9 heteroatoms. The summed E-state index contributed by atoms with van der Waals surface area (Å²) in [5.41, 5.74) is 0.294. The Morgan fingerprint density at radius 2 is 1.72 bits per heavy atom. The Balaban J connectivity index is 2.14. The standard InChI is InChI=1S/C16H16Cl2N2O4S/c1-10(16(21)19-2)24-12-4-6-13(7-5-12)25(22,23)20-11-3-8-14(17)15(18)9-11/h3-10,20H,1-2H3,(H,19,21)/t10-/m1/s1. The summed E-state index contributed by atoms with van der Waals surface area (Å²) in [6.07, 6.45) is -0.693. The second kappa shape index (κ2) is 7.95. The van der Waals surface area contributed by atoms with Crippen molar-refractivity contribution in [2.75, 3.05) is 11.8 Å². The zero-order valence-electron chi connectivity index (χ0n) is 13.4. The van der Waals surface area contributed by atoms with Gasteiger partial charge < -0.3 is 10.1 Å². The zero-order valence-corrected chi connectivity index (χ0v) is 15.7. The highest BCUT2D eigenvalue weighted by atomic mass is 35.5. The summed E-state index contributed by atoms with van der Waals surface area (Å²) in [5.74, 6) is 0.0996. The Hall–Kier alpha value is -1.96. The van der Waals surface area contributed by atoms with Crippen LogP contribution in [0.3, 0.4) is 0 Å². The summed E-state index contributed by atoms with van der Waals surface area (Å²) in [5, 5.41) is 3.04. The number of amides is 1. The molecule has 2 aromatic rings. The van der Waals surface area contributed by atoms with Crippen LogP contribution in [0, 0.1) is 0 Å². The highest BCUT2D eigenvalue weighted by Gasteiger charge is 2.16. The van der Waals surface area contributed by atoms with Crippen molar-refractivity contribution in [2.45, 2.75) is 17.9 Å². The molecule has 0 radical (unpaired) electrons. The SMILES string of the molecule is CNC(=O)[C@@H](C)Oc1ccc(S(=O)(=O)Nc2ccc(Cl)c(Cl)c2)cc1. The van der Waals surface area contributed by atoms with Crippen molar-refractivity contribution in [3.63, 3.8) is 0 Å². The molecule has 134 valence electrons. The Morgan fingerprint density at radius 3 is 2.28 bits per heavy atom. The molecule has 0 spiro atoms. The highest BCUT2D eigenvalue weighted by molar-refractivity contribution is 7.92. The Labute approximate surface area is 156 Å². The third-order valence-electron chi connectivity index (χ3n) is 3.23. The minimum Gasteiger partial charge on any atom is -0.481 e. The van der Waals surface area contributed by atoms with Crippen molar-refractivity contribution < 1.29 is 17.9 Å². The zero-order chi connectivity index (χ0) is 18.6. The Bertz CT molecular complexity index is 870. The second-order valence-corrected chi connectivity index (χ2v) is 7.58. The molecule has 2 rings (SSSR count). The summed E-state index contributed by atoms with van der Waals surface area (Å²) >= 11 is 11.7. The van der Waals surface area contributed by atoms with Gasteiger partial charge in [0.1, 0.15) is 5.75 Å². The van der Waals surface area contributed by atoms with E-state index in [4.69, 9.17) is 27.9 Å². The van der Waals surface area contributed by atoms with Crippen molar-refractivity contribution in [3.05, 3.63) is 52.5 Å². The average molecular weight is 403 g/mol. The van der Waals surface area contributed by atoms with Gasteiger partial charge in [0.2, 0.25) is 0 Å². The number of benzene rings is 2. The fraction of sp³-hybridized carbons (Fsp3) is 0.188. The van der Waals surface area contributed by atoms with Crippen molar-refractivity contribution >= 4 is 44.8 Å². The molecule has 0 fully saturated rings. The summed E-state index contributed by atoms with van der Waals surface area (Å²) in [7, 11) is -2.29. The third kappa shape index (κ3) is 5.01. The lowest BCUT2D eigenvalue weighted by atomic mass is 10.3. The lowest BCUT2D eigenvalue weighted by Gasteiger charge is -2.14. The maximum absolute atomic E-state index is 12.4. The number of anilines is 1. The molecule has 1 amide bonds. The number of sulfonamides is 1. The molecule has 0 bridgehead atoms. The number of hydrogen-bond donors (Lipinski definition) is 2. The first kappa shape index (κ1) is 19.4. The molecule has 25 heavy (non-hydrogen) atoms. The van der Waals surface area contributed by atoms with Gasteiger partial charge in [0, 0.05) is 7.05 Å². The van der Waals surface area contributed by atoms with Gasteiger partial charge in [0.25, 0.3) is 15.9 Å². The van der Waals surface area contributed by atoms with Gasteiger partial charge in [0.15, 0.2) is 6.10 Å². The number of ether oxygens (including phenoxy) is 1. The molecule has 0 aromatic heterocycles. The summed E-state index contributed by atoms with van der Waals surface area (Å²) in [6, 6.07) is 10.1. The van der Waals surface area contributed by atoms with E-state index < -0.39 is 16.1 Å². The predicted octanol–water partition coefficient (Wildman–Crippen LogP) is 3.31. The molecular formula is C16H16Cl2N2O4S. The number of carbonyl (C=O) groups is 1. The van der Waals surface area contributed by atoms with Crippen LogP contribution in [-0.2, 0) is 14.8 Å². The molecule has 0 saturated carbocycles. The van der Waals surface area contributed by atoms with Gasteiger partial charge in [-0.05, 0) is 49.4 Å². The van der Waals surface area contributed by atoms with E-state index in [1.54, 1.807) is 6.92 Å². The van der Waals surface area contributed by atoms with Gasteiger partial charge in [-0.25, -0.2) is 8.42 Å². The van der Waals surface area contributed by atoms with Gasteiger partial charge in [0.05, 0.1) is 20.6 Å². The first-order valence-electron chi connectivity index (χ1n) is 7.19. The van der Waals surface area contributed by atoms with E-state index in [-0.39, 0.29) is 15.8 Å². The smallest absolute Gasteiger partial charge is 0.261 e. The predicted molar refractivity (Wildman–Crippen MR) is 97.9 cm³/mol. The number of halogens is 2. The molecule has 2 N–H and O–H groups in total. The van der Waals surface area contributed by atoms with Gasteiger partial charge >= 0.3 is 0 Å². The van der Waals surface area contributed by atoms with E-state index in [2.05, 4.69) is 10.0 Å². The van der Waals surface area contributed by atoms with Crippen molar-refractivity contribution in [1.82, 2.24) is 5.32 Å². The fourth-order valence-electron chi connectivity index (χ4n) is 1.93. The number of nitrogens with one attached hydrogen (secondary N) is 2. The first-order valence-corrected chi connectivity index (χ1v) is 9.43. The maximum atomic E-state index is 12.4. The van der Waals surface area contributed by atoms with E-state index in [0.717, 1.165) is 0 Å². The molecule has 0 saturated heterocycles. The summed E-state index contributed by atoms with van der Waals surface area (Å²) in [4.78, 5) is 11.5. The number of likely N-dealkylation sites (N-methyl/N-ethyl adjacent to an activating group) is 1. The average Bonchev–Trinajstić information content (AvgIpc) is 2.57. The van der Waals surface area contributed by atoms with Crippen molar-refractivity contribution in [2.24, 2.45) is 0 Å². The van der Waals surface area contributed by atoms with E-state index in [1.165, 1.54) is 49.5 Å². The summed E-state index contributed by atoms with van der Waals surface area (Å²) < 4.78 is 32.6. The molecular weight excluding hydrogens is 387 g/mol. The van der Waals surface area contributed by atoms with Gasteiger partial charge in [-0.3, -0.25) is 9.52 Å². The maximum Gasteiger partial charge on any atom is 0.261 e. The van der Waals surface area contributed by atoms with Crippen LogP contribution in [0.5, 0.6) is 5.75 Å². The van der Waals surface area contributed by atoms with Crippen LogP contribution in [0.1, 0.15) is 6.92 Å². The third-order valence-corrected chi connectivity index (χ3v) is 5.37. The minimum absolute atomic E-state index is 0.0403. The van der Waals surface area contributed by atoms with E-state index in [9.17, 15) is 13.2 Å². The van der Waals surface area contributed by atoms with E-state index >= 15 is 0 Å². The minimum atomic E-state index is -3.80. The lowest BCUT2D eigenvalue weighted by Crippen LogP contribution is -2.33. The van der Waals surface area contributed by atoms with Gasteiger partial charge in [-0.2, -0.15) is 0 Å². The van der Waals surface area contributed by atoms with Crippen LogP contribution >= 0.6 is 23.2 Å². The molecule has 0 aliphatic rings. The molecule has 0 unspecified atom stereocenters. The fourth-order valence-corrected chi connectivity index (χ4v) is 3.28. The molecule has 0 heterocycles. The molecule has 6 nitrogen and oxygen atoms in total. The largest absolute Gasteiger partial charge is 0.481 e. The van der Waals surface area contributed by atoms with Crippen molar-refractivity contribution in [3.8, 4) is 5.75 Å². The first-order chi connectivity index (χ1) is 11.7. The van der Waals surface area contributed by atoms with Gasteiger partial charge in [-0.15, -0.1) is 0 Å². The molecule has 0 aliphatic heterocycles. The quantitative estimate of drug-likeness (QED) is 0.775. The molecule has 0 aliphatic carbocycles. The number of hydrogen-bond acceptors (Lipinski definition) is 4. The second-order valence-electron chi connectivity index (χ2n) is 5.08.